The second kappa shape index (κ2) is 7.44. The first kappa shape index (κ1) is 17.9. The van der Waals surface area contributed by atoms with Crippen molar-refractivity contribution in [3.05, 3.63) is 36.4 Å². The third kappa shape index (κ3) is 4.32. The van der Waals surface area contributed by atoms with Crippen molar-refractivity contribution in [2.45, 2.75) is 30.7 Å². The number of hydrogen-bond donors (Lipinski definition) is 2. The van der Waals surface area contributed by atoms with Crippen LogP contribution in [0.3, 0.4) is 0 Å². The van der Waals surface area contributed by atoms with Gasteiger partial charge < -0.3 is 9.73 Å². The van der Waals surface area contributed by atoms with Gasteiger partial charge in [0.1, 0.15) is 12.0 Å². The van der Waals surface area contributed by atoms with E-state index in [9.17, 15) is 8.42 Å². The third-order valence-electron chi connectivity index (χ3n) is 3.76. The molecule has 2 heterocycles. The number of hydrogen-bond acceptors (Lipinski definition) is 5. The van der Waals surface area contributed by atoms with Crippen LogP contribution in [0.5, 0.6) is 0 Å². The summed E-state index contributed by atoms with van der Waals surface area (Å²) in [5.41, 5.74) is 1.53. The Morgan fingerprint density at radius 1 is 1.35 bits per heavy atom. The van der Waals surface area contributed by atoms with Crippen molar-refractivity contribution in [3.63, 3.8) is 0 Å². The van der Waals surface area contributed by atoms with Crippen LogP contribution in [-0.2, 0) is 10.0 Å². The summed E-state index contributed by atoms with van der Waals surface area (Å²) in [6.07, 6.45) is 3.66. The van der Waals surface area contributed by atoms with Crippen LogP contribution in [0, 0.1) is 6.92 Å². The number of nitrogens with one attached hydrogen (secondary N) is 2. The Kier molecular flexibility index (Phi) is 5.80. The average Bonchev–Trinajstić information content (AvgIpc) is 3.17. The summed E-state index contributed by atoms with van der Waals surface area (Å²) >= 11 is 0. The quantitative estimate of drug-likeness (QED) is 0.856. The Morgan fingerprint density at radius 3 is 2.65 bits per heavy atom. The largest absolute Gasteiger partial charge is 0.449 e. The molecule has 126 valence electrons. The van der Waals surface area contributed by atoms with Crippen LogP contribution in [0.25, 0.3) is 11.3 Å². The Hall–Kier alpha value is -1.41. The van der Waals surface area contributed by atoms with E-state index in [0.717, 1.165) is 24.9 Å². The highest BCUT2D eigenvalue weighted by atomic mass is 35.5. The molecule has 1 saturated heterocycles. The minimum absolute atomic E-state index is 0. The van der Waals surface area contributed by atoms with Gasteiger partial charge in [-0.25, -0.2) is 18.1 Å². The van der Waals surface area contributed by atoms with Crippen LogP contribution in [0.15, 0.2) is 39.8 Å². The summed E-state index contributed by atoms with van der Waals surface area (Å²) in [5, 5.41) is 3.27. The van der Waals surface area contributed by atoms with Crippen molar-refractivity contribution < 1.29 is 12.8 Å². The maximum atomic E-state index is 12.3. The molecule has 1 aromatic heterocycles. The molecule has 0 saturated carbocycles. The topological polar surface area (TPSA) is 84.2 Å². The zero-order valence-corrected chi connectivity index (χ0v) is 14.4. The molecule has 0 bridgehead atoms. The van der Waals surface area contributed by atoms with Gasteiger partial charge in [-0.2, -0.15) is 0 Å². The highest BCUT2D eigenvalue weighted by molar-refractivity contribution is 7.89. The molecular weight excluding hydrogens is 338 g/mol. The maximum Gasteiger partial charge on any atom is 0.240 e. The number of oxazole rings is 1. The number of sulfonamides is 1. The van der Waals surface area contributed by atoms with Gasteiger partial charge in [-0.15, -0.1) is 12.4 Å². The second-order valence-corrected chi connectivity index (χ2v) is 7.19. The molecule has 23 heavy (non-hydrogen) atoms. The highest BCUT2D eigenvalue weighted by Crippen LogP contribution is 2.20. The molecule has 1 aliphatic rings. The van der Waals surface area contributed by atoms with Gasteiger partial charge in [0, 0.05) is 25.1 Å². The van der Waals surface area contributed by atoms with Crippen LogP contribution >= 0.6 is 12.4 Å². The van der Waals surface area contributed by atoms with Crippen LogP contribution in [0.4, 0.5) is 0 Å². The van der Waals surface area contributed by atoms with Crippen molar-refractivity contribution in [3.8, 4) is 11.3 Å². The van der Waals surface area contributed by atoms with E-state index in [2.05, 4.69) is 15.0 Å². The van der Waals surface area contributed by atoms with E-state index in [1.807, 2.05) is 0 Å². The Labute approximate surface area is 142 Å². The van der Waals surface area contributed by atoms with E-state index in [1.54, 1.807) is 37.5 Å². The van der Waals surface area contributed by atoms with Gasteiger partial charge in [0.2, 0.25) is 10.0 Å². The molecule has 0 amide bonds. The zero-order valence-electron chi connectivity index (χ0n) is 12.8. The van der Waals surface area contributed by atoms with Crippen molar-refractivity contribution in [2.24, 2.45) is 0 Å². The fraction of sp³-hybridized carbons (Fsp3) is 0.400. The van der Waals surface area contributed by atoms with E-state index >= 15 is 0 Å². The maximum absolute atomic E-state index is 12.3. The zero-order chi connectivity index (χ0) is 15.6. The Morgan fingerprint density at radius 2 is 2.09 bits per heavy atom. The normalized spacial score (nSPS) is 17.9. The fourth-order valence-corrected chi connectivity index (χ4v) is 3.61. The monoisotopic (exact) mass is 357 g/mol. The summed E-state index contributed by atoms with van der Waals surface area (Å²) < 4.78 is 32.4. The van der Waals surface area contributed by atoms with Gasteiger partial charge in [-0.3, -0.25) is 0 Å². The summed E-state index contributed by atoms with van der Waals surface area (Å²) in [6, 6.07) is 6.87. The lowest BCUT2D eigenvalue weighted by Crippen LogP contribution is -2.37. The van der Waals surface area contributed by atoms with Gasteiger partial charge in [0.05, 0.1) is 4.90 Å². The van der Waals surface area contributed by atoms with Gasteiger partial charge in [-0.1, -0.05) is 12.1 Å². The molecule has 1 unspecified atom stereocenters. The van der Waals surface area contributed by atoms with E-state index in [-0.39, 0.29) is 23.3 Å². The first-order chi connectivity index (χ1) is 10.5. The number of benzene rings is 1. The lowest BCUT2D eigenvalue weighted by molar-refractivity contribution is 0.521. The summed E-state index contributed by atoms with van der Waals surface area (Å²) in [7, 11) is -3.48. The molecule has 1 aliphatic heterocycles. The van der Waals surface area contributed by atoms with Crippen molar-refractivity contribution in [1.82, 2.24) is 15.0 Å². The molecule has 0 radical (unpaired) electrons. The number of halogens is 1. The lowest BCUT2D eigenvalue weighted by atomic mass is 10.2. The Balaban J connectivity index is 0.00000192. The summed E-state index contributed by atoms with van der Waals surface area (Å²) in [6.45, 7) is 3.15. The third-order valence-corrected chi connectivity index (χ3v) is 5.20. The van der Waals surface area contributed by atoms with Crippen LogP contribution in [-0.4, -0.2) is 32.5 Å². The van der Waals surface area contributed by atoms with Gasteiger partial charge in [0.25, 0.3) is 0 Å². The molecule has 0 spiro atoms. The minimum atomic E-state index is -3.48. The second-order valence-electron chi connectivity index (χ2n) is 5.42. The molecule has 3 rings (SSSR count). The highest BCUT2D eigenvalue weighted by Gasteiger charge is 2.19. The Bertz CT molecular complexity index is 738. The van der Waals surface area contributed by atoms with Gasteiger partial charge in [-0.05, 0) is 31.5 Å². The fourth-order valence-electron chi connectivity index (χ4n) is 2.53. The van der Waals surface area contributed by atoms with E-state index < -0.39 is 10.0 Å². The molecule has 6 nitrogen and oxygen atoms in total. The smallest absolute Gasteiger partial charge is 0.240 e. The van der Waals surface area contributed by atoms with Crippen LogP contribution < -0.4 is 10.0 Å². The number of rotatable bonds is 5. The molecule has 8 heteroatoms. The average molecular weight is 358 g/mol. The molecule has 1 aromatic carbocycles. The molecular formula is C15H20ClN3O3S. The van der Waals surface area contributed by atoms with Gasteiger partial charge in [0.15, 0.2) is 5.89 Å². The predicted molar refractivity (Wildman–Crippen MR) is 90.1 cm³/mol. The summed E-state index contributed by atoms with van der Waals surface area (Å²) in [4.78, 5) is 4.48. The molecule has 1 fully saturated rings. The predicted octanol–water partition coefficient (Wildman–Crippen LogP) is 2.10. The summed E-state index contributed by atoms with van der Waals surface area (Å²) in [5.74, 6) is 0.581. The first-order valence-electron chi connectivity index (χ1n) is 7.30. The van der Waals surface area contributed by atoms with Crippen molar-refractivity contribution in [2.75, 3.05) is 13.1 Å². The van der Waals surface area contributed by atoms with Gasteiger partial charge >= 0.3 is 0 Å². The lowest BCUT2D eigenvalue weighted by Gasteiger charge is -2.12. The van der Waals surface area contributed by atoms with Crippen LogP contribution in [0.1, 0.15) is 18.7 Å². The van der Waals surface area contributed by atoms with E-state index in [1.165, 1.54) is 0 Å². The molecule has 1 atom stereocenters. The molecule has 2 aromatic rings. The number of aromatic nitrogens is 1. The van der Waals surface area contributed by atoms with Crippen molar-refractivity contribution >= 4 is 22.4 Å². The minimum Gasteiger partial charge on any atom is -0.449 e. The SMILES string of the molecule is Cc1nc(-c2ccc(S(=O)(=O)NCC3CCCN3)cc2)co1.Cl. The number of nitrogens with zero attached hydrogens (tertiary/aromatic N) is 1. The van der Waals surface area contributed by atoms with Crippen LogP contribution in [0.2, 0.25) is 0 Å². The van der Waals surface area contributed by atoms with E-state index in [4.69, 9.17) is 4.42 Å². The molecule has 2 N–H and O–H groups in total. The standard InChI is InChI=1S/C15H19N3O3S.ClH/c1-11-18-15(10-21-11)12-4-6-14(7-5-12)22(19,20)17-9-13-3-2-8-16-13;/h4-7,10,13,16-17H,2-3,8-9H2,1H3;1H. The molecule has 0 aliphatic carbocycles. The van der Waals surface area contributed by atoms with Crippen molar-refractivity contribution in [1.29, 1.82) is 0 Å². The van der Waals surface area contributed by atoms with E-state index in [0.29, 0.717) is 18.1 Å². The first-order valence-corrected chi connectivity index (χ1v) is 8.78. The number of aryl methyl sites for hydroxylation is 1.